The van der Waals surface area contributed by atoms with E-state index in [1.54, 1.807) is 19.1 Å². The minimum Gasteiger partial charge on any atom is -0.463 e. The number of halogens is 1. The molecule has 2 amide bonds. The standard InChI is InChI=1S/C20H19FN2O3S/c1-2-26-19(24)17-16(12-27-15-10-8-14(21)9-11-15)22-20(25)23-18(17)13-6-4-3-5-7-13/h3-11,18H,2,12H2,1H3,(H2,22,23,25). The van der Waals surface area contributed by atoms with Crippen molar-refractivity contribution in [3.05, 3.63) is 77.2 Å². The Bertz CT molecular complexity index is 853. The third-order valence-electron chi connectivity index (χ3n) is 3.98. The highest BCUT2D eigenvalue weighted by Crippen LogP contribution is 2.30. The van der Waals surface area contributed by atoms with Gasteiger partial charge in [-0.2, -0.15) is 0 Å². The molecule has 1 aliphatic rings. The number of hydrogen-bond donors (Lipinski definition) is 2. The third-order valence-corrected chi connectivity index (χ3v) is 5.02. The average molecular weight is 386 g/mol. The van der Waals surface area contributed by atoms with E-state index in [0.29, 0.717) is 17.0 Å². The van der Waals surface area contributed by atoms with E-state index < -0.39 is 12.0 Å². The second kappa shape index (κ2) is 8.73. The van der Waals surface area contributed by atoms with Crippen LogP contribution in [-0.2, 0) is 9.53 Å². The van der Waals surface area contributed by atoms with E-state index in [-0.39, 0.29) is 18.5 Å². The van der Waals surface area contributed by atoms with Crippen LogP contribution < -0.4 is 10.6 Å². The second-order valence-electron chi connectivity index (χ2n) is 5.80. The van der Waals surface area contributed by atoms with E-state index in [1.807, 2.05) is 30.3 Å². The molecule has 0 fully saturated rings. The van der Waals surface area contributed by atoms with Crippen molar-refractivity contribution >= 4 is 23.8 Å². The maximum absolute atomic E-state index is 13.1. The Hall–Kier alpha value is -2.80. The molecule has 0 saturated carbocycles. The fourth-order valence-electron chi connectivity index (χ4n) is 2.76. The second-order valence-corrected chi connectivity index (χ2v) is 6.85. The van der Waals surface area contributed by atoms with Crippen LogP contribution in [0, 0.1) is 5.82 Å². The molecule has 0 spiro atoms. The molecule has 0 saturated heterocycles. The Labute approximate surface area is 161 Å². The van der Waals surface area contributed by atoms with Gasteiger partial charge in [-0.15, -0.1) is 11.8 Å². The molecule has 5 nitrogen and oxygen atoms in total. The van der Waals surface area contributed by atoms with Crippen LogP contribution >= 0.6 is 11.8 Å². The van der Waals surface area contributed by atoms with Crippen LogP contribution in [0.2, 0.25) is 0 Å². The summed E-state index contributed by atoms with van der Waals surface area (Å²) in [6.07, 6.45) is 0. The predicted octanol–water partition coefficient (Wildman–Crippen LogP) is 3.79. The Balaban J connectivity index is 1.93. The normalized spacial score (nSPS) is 16.5. The van der Waals surface area contributed by atoms with Crippen LogP contribution in [0.4, 0.5) is 9.18 Å². The van der Waals surface area contributed by atoms with Gasteiger partial charge in [0.1, 0.15) is 5.82 Å². The molecule has 1 atom stereocenters. The van der Waals surface area contributed by atoms with Gasteiger partial charge in [-0.1, -0.05) is 30.3 Å². The van der Waals surface area contributed by atoms with Crippen molar-refractivity contribution in [1.82, 2.24) is 10.6 Å². The molecule has 3 rings (SSSR count). The van der Waals surface area contributed by atoms with E-state index in [2.05, 4.69) is 10.6 Å². The fraction of sp³-hybridized carbons (Fsp3) is 0.200. The SMILES string of the molecule is CCOC(=O)C1=C(CSc2ccc(F)cc2)NC(=O)NC1c1ccccc1. The molecule has 0 bridgehead atoms. The van der Waals surface area contributed by atoms with E-state index >= 15 is 0 Å². The van der Waals surface area contributed by atoms with Crippen molar-refractivity contribution in [2.45, 2.75) is 17.9 Å². The lowest BCUT2D eigenvalue weighted by atomic mass is 9.95. The number of esters is 1. The minimum atomic E-state index is -0.595. The van der Waals surface area contributed by atoms with Crippen LogP contribution in [0.5, 0.6) is 0 Å². The number of hydrogen-bond acceptors (Lipinski definition) is 4. The number of carbonyl (C=O) groups excluding carboxylic acids is 2. The van der Waals surface area contributed by atoms with Crippen molar-refractivity contribution in [2.75, 3.05) is 12.4 Å². The molecule has 2 aromatic rings. The zero-order chi connectivity index (χ0) is 19.2. The number of amides is 2. The summed E-state index contributed by atoms with van der Waals surface area (Å²) in [6.45, 7) is 1.97. The summed E-state index contributed by atoms with van der Waals surface area (Å²) in [6, 6.07) is 14.3. The first-order valence-electron chi connectivity index (χ1n) is 8.49. The smallest absolute Gasteiger partial charge is 0.338 e. The van der Waals surface area contributed by atoms with Crippen molar-refractivity contribution in [3.63, 3.8) is 0 Å². The maximum atomic E-state index is 13.1. The number of benzene rings is 2. The number of ether oxygens (including phenoxy) is 1. The van der Waals surface area contributed by atoms with Crippen molar-refractivity contribution in [3.8, 4) is 0 Å². The van der Waals surface area contributed by atoms with Gasteiger partial charge >= 0.3 is 12.0 Å². The Kier molecular flexibility index (Phi) is 6.13. The zero-order valence-electron chi connectivity index (χ0n) is 14.7. The molecule has 1 heterocycles. The molecule has 2 N–H and O–H groups in total. The Morgan fingerprint density at radius 2 is 1.85 bits per heavy atom. The van der Waals surface area contributed by atoms with Crippen LogP contribution in [0.25, 0.3) is 0 Å². The summed E-state index contributed by atoms with van der Waals surface area (Å²) < 4.78 is 18.3. The van der Waals surface area contributed by atoms with Gasteiger partial charge in [0.15, 0.2) is 0 Å². The zero-order valence-corrected chi connectivity index (χ0v) is 15.5. The summed E-state index contributed by atoms with van der Waals surface area (Å²) in [5.41, 5.74) is 1.65. The summed E-state index contributed by atoms with van der Waals surface area (Å²) in [5.74, 6) is -0.449. The van der Waals surface area contributed by atoms with E-state index in [9.17, 15) is 14.0 Å². The molecule has 0 aliphatic carbocycles. The highest BCUT2D eigenvalue weighted by Gasteiger charge is 2.33. The van der Waals surface area contributed by atoms with E-state index in [4.69, 9.17) is 4.74 Å². The van der Waals surface area contributed by atoms with Gasteiger partial charge in [0.05, 0.1) is 18.2 Å². The number of urea groups is 1. The van der Waals surface area contributed by atoms with Crippen LogP contribution in [0.3, 0.4) is 0 Å². The summed E-state index contributed by atoms with van der Waals surface area (Å²) in [7, 11) is 0. The van der Waals surface area contributed by atoms with Gasteiger partial charge in [0, 0.05) is 16.3 Å². The molecule has 0 radical (unpaired) electrons. The Morgan fingerprint density at radius 1 is 1.15 bits per heavy atom. The molecule has 2 aromatic carbocycles. The number of rotatable bonds is 6. The first-order chi connectivity index (χ1) is 13.1. The molecule has 140 valence electrons. The topological polar surface area (TPSA) is 67.4 Å². The van der Waals surface area contributed by atoms with Crippen LogP contribution in [0.15, 0.2) is 70.8 Å². The van der Waals surface area contributed by atoms with E-state index in [1.165, 1.54) is 23.9 Å². The highest BCUT2D eigenvalue weighted by molar-refractivity contribution is 7.99. The largest absolute Gasteiger partial charge is 0.463 e. The number of thioether (sulfide) groups is 1. The number of carbonyl (C=O) groups is 2. The number of nitrogens with one attached hydrogen (secondary N) is 2. The quantitative estimate of drug-likeness (QED) is 0.586. The molecular formula is C20H19FN2O3S. The van der Waals surface area contributed by atoms with Gasteiger partial charge in [0.25, 0.3) is 0 Å². The summed E-state index contributed by atoms with van der Waals surface area (Å²) in [5, 5.41) is 5.51. The third kappa shape index (κ3) is 4.68. The average Bonchev–Trinajstić information content (AvgIpc) is 2.68. The lowest BCUT2D eigenvalue weighted by Gasteiger charge is -2.29. The summed E-state index contributed by atoms with van der Waals surface area (Å²) >= 11 is 1.40. The molecular weight excluding hydrogens is 367 g/mol. The van der Waals surface area contributed by atoms with Crippen LogP contribution in [0.1, 0.15) is 18.5 Å². The highest BCUT2D eigenvalue weighted by atomic mass is 32.2. The predicted molar refractivity (Wildman–Crippen MR) is 102 cm³/mol. The van der Waals surface area contributed by atoms with Gasteiger partial charge in [-0.3, -0.25) is 0 Å². The van der Waals surface area contributed by atoms with Crippen LogP contribution in [-0.4, -0.2) is 24.4 Å². The van der Waals surface area contributed by atoms with Crippen molar-refractivity contribution < 1.29 is 18.7 Å². The van der Waals surface area contributed by atoms with Gasteiger partial charge in [-0.05, 0) is 36.8 Å². The molecule has 1 unspecified atom stereocenters. The monoisotopic (exact) mass is 386 g/mol. The maximum Gasteiger partial charge on any atom is 0.338 e. The van der Waals surface area contributed by atoms with Crippen molar-refractivity contribution in [2.24, 2.45) is 0 Å². The molecule has 1 aliphatic heterocycles. The van der Waals surface area contributed by atoms with Crippen molar-refractivity contribution in [1.29, 1.82) is 0 Å². The first-order valence-corrected chi connectivity index (χ1v) is 9.48. The lowest BCUT2D eigenvalue weighted by molar-refractivity contribution is -0.139. The first kappa shape index (κ1) is 19.0. The van der Waals surface area contributed by atoms with Gasteiger partial charge in [-0.25, -0.2) is 14.0 Å². The summed E-state index contributed by atoms with van der Waals surface area (Å²) in [4.78, 5) is 25.6. The minimum absolute atomic E-state index is 0.232. The fourth-order valence-corrected chi connectivity index (χ4v) is 3.63. The Morgan fingerprint density at radius 3 is 2.52 bits per heavy atom. The molecule has 27 heavy (non-hydrogen) atoms. The lowest BCUT2D eigenvalue weighted by Crippen LogP contribution is -2.46. The van der Waals surface area contributed by atoms with E-state index in [0.717, 1.165) is 10.5 Å². The molecule has 7 heteroatoms. The van der Waals surface area contributed by atoms with Gasteiger partial charge < -0.3 is 15.4 Å². The van der Waals surface area contributed by atoms with Gasteiger partial charge in [0.2, 0.25) is 0 Å². The molecule has 0 aromatic heterocycles.